The largest absolute Gasteiger partial charge is 0.311 e. The molecule has 1 aromatic carbocycles. The van der Waals surface area contributed by atoms with Crippen molar-refractivity contribution < 1.29 is 0 Å². The first-order chi connectivity index (χ1) is 14.2. The molecule has 5 saturated carbocycles. The number of nitrogens with one attached hydrogen (secondary N) is 1. The van der Waals surface area contributed by atoms with Crippen LogP contribution in [0, 0.1) is 28.6 Å². The Balaban J connectivity index is 1.31. The van der Waals surface area contributed by atoms with Crippen LogP contribution in [-0.4, -0.2) is 12.1 Å². The number of rotatable bonds is 4. The zero-order valence-electron chi connectivity index (χ0n) is 19.6. The van der Waals surface area contributed by atoms with Crippen molar-refractivity contribution in [3.8, 4) is 0 Å². The van der Waals surface area contributed by atoms with Gasteiger partial charge in [0.15, 0.2) is 0 Å². The Kier molecular flexibility index (Phi) is 5.34. The van der Waals surface area contributed by atoms with Crippen molar-refractivity contribution in [3.63, 3.8) is 0 Å². The minimum atomic E-state index is 0.411. The molecule has 0 heterocycles. The molecule has 0 saturated heterocycles. The molecular weight excluding hydrogens is 386 g/mol. The van der Waals surface area contributed by atoms with Gasteiger partial charge in [0.1, 0.15) is 0 Å². The van der Waals surface area contributed by atoms with E-state index >= 15 is 0 Å². The molecule has 166 valence electrons. The van der Waals surface area contributed by atoms with Gasteiger partial charge in [0.2, 0.25) is 0 Å². The van der Waals surface area contributed by atoms with E-state index in [2.05, 4.69) is 57.3 Å². The van der Waals surface area contributed by atoms with E-state index in [9.17, 15) is 0 Å². The molecule has 0 aromatic heterocycles. The molecule has 5 aliphatic rings. The van der Waals surface area contributed by atoms with Crippen molar-refractivity contribution in [2.45, 2.75) is 109 Å². The van der Waals surface area contributed by atoms with E-state index in [1.807, 2.05) is 0 Å². The Morgan fingerprint density at radius 2 is 1.53 bits per heavy atom. The summed E-state index contributed by atoms with van der Waals surface area (Å²) < 4.78 is 0. The van der Waals surface area contributed by atoms with Gasteiger partial charge in [0.05, 0.1) is 0 Å². The number of hydrogen-bond acceptors (Lipinski definition) is 1. The molecule has 1 aromatic rings. The summed E-state index contributed by atoms with van der Waals surface area (Å²) in [7, 11) is 0. The Morgan fingerprint density at radius 3 is 2.10 bits per heavy atom. The predicted molar refractivity (Wildman–Crippen MR) is 128 cm³/mol. The van der Waals surface area contributed by atoms with Gasteiger partial charge in [-0.15, -0.1) is 0 Å². The molecule has 0 radical (unpaired) electrons. The van der Waals surface area contributed by atoms with Gasteiger partial charge in [0.25, 0.3) is 0 Å². The normalized spacial score (nSPS) is 41.8. The minimum absolute atomic E-state index is 0.411. The van der Waals surface area contributed by atoms with Gasteiger partial charge in [-0.2, -0.15) is 0 Å². The topological polar surface area (TPSA) is 12.0 Å². The zero-order chi connectivity index (χ0) is 21.1. The fourth-order valence-electron chi connectivity index (χ4n) is 8.64. The molecule has 0 spiro atoms. The fraction of sp³-hybridized carbons (Fsp3) is 0.786. The molecule has 1 N–H and O–H groups in total. The van der Waals surface area contributed by atoms with E-state index in [0.717, 1.165) is 28.8 Å². The first-order valence-electron chi connectivity index (χ1n) is 12.7. The van der Waals surface area contributed by atoms with E-state index < -0.39 is 0 Å². The fourth-order valence-corrected chi connectivity index (χ4v) is 8.76. The third-order valence-corrected chi connectivity index (χ3v) is 10.2. The summed E-state index contributed by atoms with van der Waals surface area (Å²) in [5, 5.41) is 5.08. The molecule has 3 atom stereocenters. The number of benzene rings is 1. The quantitative estimate of drug-likeness (QED) is 0.517. The van der Waals surface area contributed by atoms with Crippen molar-refractivity contribution in [1.29, 1.82) is 0 Å². The van der Waals surface area contributed by atoms with Crippen LogP contribution in [0.15, 0.2) is 24.3 Å². The van der Waals surface area contributed by atoms with Crippen LogP contribution in [0.3, 0.4) is 0 Å². The molecule has 5 aliphatic carbocycles. The molecule has 5 fully saturated rings. The zero-order valence-corrected chi connectivity index (χ0v) is 20.4. The summed E-state index contributed by atoms with van der Waals surface area (Å²) in [6.07, 6.45) is 14.2. The molecule has 30 heavy (non-hydrogen) atoms. The molecule has 2 heteroatoms. The van der Waals surface area contributed by atoms with E-state index in [1.165, 1.54) is 64.2 Å². The lowest BCUT2D eigenvalue weighted by Crippen LogP contribution is -2.61. The standard InChI is InChI=1S/C28H42ClN/c1-19(30-25-11-7-22(8-12-25)26(2,3)4)27-14-20-13-21(15-27)17-28(16-20,18-27)23-5-9-24(29)10-6-23/h5-6,9-10,19-22,25,30H,7-8,11-18H2,1-4H3/t19-,20+,21+,22?,25?,27?,28?/m1/s1. The molecule has 0 aliphatic heterocycles. The molecule has 4 bridgehead atoms. The van der Waals surface area contributed by atoms with E-state index in [1.54, 1.807) is 5.56 Å². The lowest BCUT2D eigenvalue weighted by Gasteiger charge is -2.64. The van der Waals surface area contributed by atoms with Crippen LogP contribution in [0.2, 0.25) is 5.02 Å². The van der Waals surface area contributed by atoms with Gasteiger partial charge < -0.3 is 5.32 Å². The lowest BCUT2D eigenvalue weighted by molar-refractivity contribution is -0.0904. The van der Waals surface area contributed by atoms with Gasteiger partial charge >= 0.3 is 0 Å². The van der Waals surface area contributed by atoms with E-state index in [4.69, 9.17) is 11.6 Å². The van der Waals surface area contributed by atoms with Crippen molar-refractivity contribution in [2.24, 2.45) is 28.6 Å². The van der Waals surface area contributed by atoms with Crippen molar-refractivity contribution in [3.05, 3.63) is 34.9 Å². The smallest absolute Gasteiger partial charge is 0.0406 e. The highest BCUT2D eigenvalue weighted by atomic mass is 35.5. The van der Waals surface area contributed by atoms with Crippen LogP contribution in [0.25, 0.3) is 0 Å². The van der Waals surface area contributed by atoms with E-state index in [0.29, 0.717) is 22.3 Å². The van der Waals surface area contributed by atoms with Crippen LogP contribution < -0.4 is 5.32 Å². The summed E-state index contributed by atoms with van der Waals surface area (Å²) in [5.41, 5.74) is 2.96. The van der Waals surface area contributed by atoms with Crippen molar-refractivity contribution >= 4 is 11.6 Å². The maximum atomic E-state index is 6.23. The summed E-state index contributed by atoms with van der Waals surface area (Å²) in [6, 6.07) is 10.3. The second-order valence-electron chi connectivity index (χ2n) is 12.9. The van der Waals surface area contributed by atoms with E-state index in [-0.39, 0.29) is 0 Å². The van der Waals surface area contributed by atoms with Gasteiger partial charge in [-0.3, -0.25) is 0 Å². The third kappa shape index (κ3) is 3.77. The van der Waals surface area contributed by atoms with Gasteiger partial charge in [-0.1, -0.05) is 44.5 Å². The molecular formula is C28H42ClN. The number of halogens is 1. The predicted octanol–water partition coefficient (Wildman–Crippen LogP) is 7.76. The highest BCUT2D eigenvalue weighted by molar-refractivity contribution is 6.30. The number of hydrogen-bond donors (Lipinski definition) is 1. The molecule has 6 rings (SSSR count). The maximum Gasteiger partial charge on any atom is 0.0406 e. The van der Waals surface area contributed by atoms with Gasteiger partial charge in [-0.05, 0) is 123 Å². The average Bonchev–Trinajstić information content (AvgIpc) is 2.67. The van der Waals surface area contributed by atoms with Crippen LogP contribution in [0.5, 0.6) is 0 Å². The lowest BCUT2D eigenvalue weighted by atomic mass is 9.41. The first kappa shape index (κ1) is 21.3. The van der Waals surface area contributed by atoms with Gasteiger partial charge in [-0.25, -0.2) is 0 Å². The summed E-state index contributed by atoms with van der Waals surface area (Å²) in [6.45, 7) is 9.83. The highest BCUT2D eigenvalue weighted by Gasteiger charge is 2.59. The van der Waals surface area contributed by atoms with Crippen LogP contribution >= 0.6 is 11.6 Å². The Bertz CT molecular complexity index is 738. The minimum Gasteiger partial charge on any atom is -0.311 e. The highest BCUT2D eigenvalue weighted by Crippen LogP contribution is 2.66. The summed E-state index contributed by atoms with van der Waals surface area (Å²) in [5.74, 6) is 2.77. The van der Waals surface area contributed by atoms with Crippen LogP contribution in [0.1, 0.15) is 97.5 Å². The average molecular weight is 428 g/mol. The van der Waals surface area contributed by atoms with Gasteiger partial charge in [0, 0.05) is 17.1 Å². The van der Waals surface area contributed by atoms with Crippen LogP contribution in [-0.2, 0) is 5.41 Å². The Labute approximate surface area is 189 Å². The van der Waals surface area contributed by atoms with Crippen molar-refractivity contribution in [2.75, 3.05) is 0 Å². The summed E-state index contributed by atoms with van der Waals surface area (Å²) >= 11 is 6.23. The molecule has 1 nitrogen and oxygen atoms in total. The second-order valence-corrected chi connectivity index (χ2v) is 13.3. The third-order valence-electron chi connectivity index (χ3n) is 9.92. The summed E-state index contributed by atoms with van der Waals surface area (Å²) in [4.78, 5) is 0. The maximum absolute atomic E-state index is 6.23. The van der Waals surface area contributed by atoms with Crippen molar-refractivity contribution in [1.82, 2.24) is 5.32 Å². The Morgan fingerprint density at radius 1 is 0.933 bits per heavy atom. The second kappa shape index (κ2) is 7.51. The van der Waals surface area contributed by atoms with Crippen LogP contribution in [0.4, 0.5) is 0 Å². The SMILES string of the molecule is C[C@@H](NC1CCC(C(C)(C)C)CC1)C12C[C@@H]3C[C@H](CC(c4ccc(Cl)cc4)(C3)C1)C2. The molecule has 0 amide bonds. The monoisotopic (exact) mass is 427 g/mol. The first-order valence-corrected chi connectivity index (χ1v) is 13.1. The Hall–Kier alpha value is -0.530. The molecule has 0 unspecified atom stereocenters.